The Kier molecular flexibility index (Phi) is 5.15. The van der Waals surface area contributed by atoms with E-state index in [1.807, 2.05) is 0 Å². The third-order valence-corrected chi connectivity index (χ3v) is 4.52. The number of carbonyl (C=O) groups is 3. The summed E-state index contributed by atoms with van der Waals surface area (Å²) in [7, 11) is 0. The Morgan fingerprint density at radius 2 is 1.90 bits per heavy atom. The van der Waals surface area contributed by atoms with Crippen molar-refractivity contribution in [2.24, 2.45) is 11.8 Å². The third kappa shape index (κ3) is 4.05. The van der Waals surface area contributed by atoms with E-state index in [0.29, 0.717) is 25.2 Å². The van der Waals surface area contributed by atoms with Crippen LogP contribution in [0.1, 0.15) is 57.8 Å². The molecule has 0 bridgehead atoms. The van der Waals surface area contributed by atoms with Gasteiger partial charge in [0.15, 0.2) is 0 Å². The largest absolute Gasteiger partial charge is 0.480 e. The van der Waals surface area contributed by atoms with E-state index in [9.17, 15) is 19.5 Å². The van der Waals surface area contributed by atoms with Crippen LogP contribution < -0.4 is 5.32 Å². The second-order valence-corrected chi connectivity index (χ2v) is 6.13. The molecule has 2 rings (SSSR count). The second-order valence-electron chi connectivity index (χ2n) is 6.13. The second kappa shape index (κ2) is 6.86. The van der Waals surface area contributed by atoms with E-state index in [2.05, 4.69) is 5.32 Å². The minimum absolute atomic E-state index is 0.109. The van der Waals surface area contributed by atoms with E-state index in [1.54, 1.807) is 0 Å². The molecule has 0 aliphatic heterocycles. The molecule has 0 spiro atoms. The molecule has 0 radical (unpaired) electrons. The van der Waals surface area contributed by atoms with Crippen LogP contribution in [-0.4, -0.2) is 28.8 Å². The maximum Gasteiger partial charge on any atom is 0.326 e. The number of carboxylic acid groups (broad SMARTS) is 1. The topological polar surface area (TPSA) is 83.5 Å². The smallest absolute Gasteiger partial charge is 0.326 e. The first-order chi connectivity index (χ1) is 9.56. The first-order valence-electron chi connectivity index (χ1n) is 7.60. The number of carboxylic acids is 1. The molecule has 112 valence electrons. The number of aliphatic carboxylic acids is 1. The zero-order valence-electron chi connectivity index (χ0n) is 11.8. The molecule has 2 N–H and O–H groups in total. The summed E-state index contributed by atoms with van der Waals surface area (Å²) in [6.07, 6.45) is 7.12. The van der Waals surface area contributed by atoms with Gasteiger partial charge in [-0.25, -0.2) is 4.79 Å². The Morgan fingerprint density at radius 1 is 1.20 bits per heavy atom. The molecular formula is C15H23NO4. The average Bonchev–Trinajstić information content (AvgIpc) is 2.88. The molecule has 0 unspecified atom stereocenters. The van der Waals surface area contributed by atoms with Gasteiger partial charge in [0, 0.05) is 19.3 Å². The lowest BCUT2D eigenvalue weighted by Crippen LogP contribution is -2.47. The van der Waals surface area contributed by atoms with Gasteiger partial charge in [0.05, 0.1) is 0 Å². The van der Waals surface area contributed by atoms with Crippen LogP contribution in [0.2, 0.25) is 0 Å². The van der Waals surface area contributed by atoms with Crippen LogP contribution in [0.5, 0.6) is 0 Å². The van der Waals surface area contributed by atoms with Crippen LogP contribution in [-0.2, 0) is 14.4 Å². The van der Waals surface area contributed by atoms with Crippen LogP contribution in [0, 0.1) is 11.8 Å². The van der Waals surface area contributed by atoms with Crippen molar-refractivity contribution in [2.45, 2.75) is 63.8 Å². The molecule has 0 aromatic rings. The highest BCUT2D eigenvalue weighted by molar-refractivity contribution is 5.85. The molecular weight excluding hydrogens is 258 g/mol. The highest BCUT2D eigenvalue weighted by Crippen LogP contribution is 2.28. The number of amides is 1. The van der Waals surface area contributed by atoms with Gasteiger partial charge in [-0.2, -0.15) is 0 Å². The fourth-order valence-corrected chi connectivity index (χ4v) is 3.43. The first kappa shape index (κ1) is 15.0. The maximum atomic E-state index is 12.0. The Labute approximate surface area is 119 Å². The zero-order chi connectivity index (χ0) is 14.5. The summed E-state index contributed by atoms with van der Waals surface area (Å²) in [5, 5.41) is 11.9. The molecule has 2 atom stereocenters. The van der Waals surface area contributed by atoms with Crippen molar-refractivity contribution in [1.82, 2.24) is 5.32 Å². The number of hydrogen-bond acceptors (Lipinski definition) is 3. The molecule has 20 heavy (non-hydrogen) atoms. The molecule has 1 amide bonds. The number of nitrogens with one attached hydrogen (secondary N) is 1. The van der Waals surface area contributed by atoms with Crippen molar-refractivity contribution in [1.29, 1.82) is 0 Å². The van der Waals surface area contributed by atoms with E-state index >= 15 is 0 Å². The summed E-state index contributed by atoms with van der Waals surface area (Å²) in [5.74, 6) is -0.942. The Morgan fingerprint density at radius 3 is 2.50 bits per heavy atom. The lowest BCUT2D eigenvalue weighted by atomic mass is 9.83. The minimum atomic E-state index is -1.02. The maximum absolute atomic E-state index is 12.0. The van der Waals surface area contributed by atoms with E-state index in [0.717, 1.165) is 32.1 Å². The van der Waals surface area contributed by atoms with Gasteiger partial charge in [-0.1, -0.05) is 12.8 Å². The summed E-state index contributed by atoms with van der Waals surface area (Å²) < 4.78 is 0. The number of ketones is 1. The molecule has 0 aromatic carbocycles. The van der Waals surface area contributed by atoms with Crippen LogP contribution >= 0.6 is 0 Å². The molecule has 2 saturated carbocycles. The standard InChI is InChI=1S/C15H23NO4/c17-12-7-3-6-11(9-12)14(15(19)20)16-13(18)8-10-4-1-2-5-10/h10-11,14H,1-9H2,(H,16,18)(H,19,20)/t11-,14-/m0/s1. The lowest BCUT2D eigenvalue weighted by molar-refractivity contribution is -0.144. The molecule has 5 nitrogen and oxygen atoms in total. The van der Waals surface area contributed by atoms with Gasteiger partial charge in [-0.05, 0) is 37.5 Å². The molecule has 2 aliphatic rings. The number of Topliss-reactive ketones (excluding diaryl/α,β-unsaturated/α-hetero) is 1. The monoisotopic (exact) mass is 281 g/mol. The Hall–Kier alpha value is -1.39. The Bertz CT molecular complexity index is 387. The van der Waals surface area contributed by atoms with Gasteiger partial charge in [0.2, 0.25) is 5.91 Å². The Balaban J connectivity index is 1.89. The van der Waals surface area contributed by atoms with E-state index in [1.165, 1.54) is 0 Å². The molecule has 5 heteroatoms. The summed E-state index contributed by atoms with van der Waals surface area (Å²) >= 11 is 0. The van der Waals surface area contributed by atoms with Gasteiger partial charge in [-0.3, -0.25) is 9.59 Å². The molecule has 0 saturated heterocycles. The first-order valence-corrected chi connectivity index (χ1v) is 7.60. The molecule has 2 aliphatic carbocycles. The van der Waals surface area contributed by atoms with Crippen LogP contribution in [0.25, 0.3) is 0 Å². The van der Waals surface area contributed by atoms with Gasteiger partial charge in [0.25, 0.3) is 0 Å². The highest BCUT2D eigenvalue weighted by Gasteiger charge is 2.33. The number of rotatable bonds is 5. The van der Waals surface area contributed by atoms with Gasteiger partial charge < -0.3 is 10.4 Å². The summed E-state index contributed by atoms with van der Waals surface area (Å²) in [6, 6.07) is -0.909. The van der Waals surface area contributed by atoms with Gasteiger partial charge in [0.1, 0.15) is 11.8 Å². The van der Waals surface area contributed by atoms with Gasteiger partial charge >= 0.3 is 5.97 Å². The van der Waals surface area contributed by atoms with E-state index < -0.39 is 12.0 Å². The fraction of sp³-hybridized carbons (Fsp3) is 0.800. The van der Waals surface area contributed by atoms with Crippen molar-refractivity contribution in [3.8, 4) is 0 Å². The van der Waals surface area contributed by atoms with Crippen LogP contribution in [0.3, 0.4) is 0 Å². The molecule has 2 fully saturated rings. The van der Waals surface area contributed by atoms with Crippen LogP contribution in [0.4, 0.5) is 0 Å². The summed E-state index contributed by atoms with van der Waals surface area (Å²) in [4.78, 5) is 34.8. The van der Waals surface area contributed by atoms with Crippen molar-refractivity contribution in [2.75, 3.05) is 0 Å². The van der Waals surface area contributed by atoms with E-state index in [4.69, 9.17) is 0 Å². The fourth-order valence-electron chi connectivity index (χ4n) is 3.43. The number of hydrogen-bond donors (Lipinski definition) is 2. The summed E-state index contributed by atoms with van der Waals surface area (Å²) in [5.41, 5.74) is 0. The van der Waals surface area contributed by atoms with Crippen molar-refractivity contribution in [3.05, 3.63) is 0 Å². The minimum Gasteiger partial charge on any atom is -0.480 e. The summed E-state index contributed by atoms with van der Waals surface area (Å²) in [6.45, 7) is 0. The average molecular weight is 281 g/mol. The van der Waals surface area contributed by atoms with Crippen molar-refractivity contribution >= 4 is 17.7 Å². The highest BCUT2D eigenvalue weighted by atomic mass is 16.4. The quantitative estimate of drug-likeness (QED) is 0.806. The van der Waals surface area contributed by atoms with Crippen molar-refractivity contribution in [3.63, 3.8) is 0 Å². The van der Waals surface area contributed by atoms with Crippen molar-refractivity contribution < 1.29 is 19.5 Å². The number of carbonyl (C=O) groups excluding carboxylic acids is 2. The molecule has 0 heterocycles. The lowest BCUT2D eigenvalue weighted by Gasteiger charge is -2.27. The van der Waals surface area contributed by atoms with Crippen LogP contribution in [0.15, 0.2) is 0 Å². The predicted molar refractivity (Wildman–Crippen MR) is 73.1 cm³/mol. The zero-order valence-corrected chi connectivity index (χ0v) is 11.8. The predicted octanol–water partition coefficient (Wildman–Crippen LogP) is 1.90. The van der Waals surface area contributed by atoms with E-state index in [-0.39, 0.29) is 24.0 Å². The normalized spacial score (nSPS) is 25.4. The molecule has 0 aromatic heterocycles. The van der Waals surface area contributed by atoms with Gasteiger partial charge in [-0.15, -0.1) is 0 Å². The SMILES string of the molecule is O=C1CCC[C@H]([C@H](NC(=O)CC2CCCC2)C(=O)O)C1. The third-order valence-electron chi connectivity index (χ3n) is 4.52.